The van der Waals surface area contributed by atoms with E-state index in [1.54, 1.807) is 12.1 Å². The molecular weight excluding hydrogens is 306 g/mol. The molecule has 1 aromatic carbocycles. The number of nitrogens with one attached hydrogen (secondary N) is 1. The Morgan fingerprint density at radius 2 is 1.95 bits per heavy atom. The highest BCUT2D eigenvalue weighted by Crippen LogP contribution is 2.35. The fourth-order valence-electron chi connectivity index (χ4n) is 2.32. The highest BCUT2D eigenvalue weighted by atomic mass is 35.5. The fraction of sp³-hybridized carbons (Fsp3) is 0.562. The molecule has 5 nitrogen and oxygen atoms in total. The van der Waals surface area contributed by atoms with E-state index in [-0.39, 0.29) is 10.8 Å². The number of carboxylic acids is 1. The molecule has 0 aliphatic carbocycles. The van der Waals surface area contributed by atoms with Gasteiger partial charge in [0.1, 0.15) is 0 Å². The van der Waals surface area contributed by atoms with Gasteiger partial charge in [0.05, 0.1) is 17.0 Å². The summed E-state index contributed by atoms with van der Waals surface area (Å²) in [5.41, 5.74) is 0.0708. The highest BCUT2D eigenvalue weighted by Gasteiger charge is 2.34. The molecule has 22 heavy (non-hydrogen) atoms. The van der Waals surface area contributed by atoms with Gasteiger partial charge in [0.2, 0.25) is 0 Å². The number of phenolic OH excluding ortho intramolecular Hbond substituents is 1. The van der Waals surface area contributed by atoms with Gasteiger partial charge in [0, 0.05) is 13.1 Å². The molecule has 0 unspecified atom stereocenters. The number of aromatic hydroxyl groups is 1. The van der Waals surface area contributed by atoms with Gasteiger partial charge in [-0.05, 0) is 37.5 Å². The smallest absolute Gasteiger partial charge is 0.310 e. The largest absolute Gasteiger partial charge is 0.503 e. The van der Waals surface area contributed by atoms with Crippen molar-refractivity contribution in [3.8, 4) is 11.5 Å². The first-order valence-corrected chi connectivity index (χ1v) is 7.86. The van der Waals surface area contributed by atoms with Gasteiger partial charge in [-0.3, -0.25) is 4.79 Å². The Morgan fingerprint density at radius 3 is 2.45 bits per heavy atom. The predicted octanol–water partition coefficient (Wildman–Crippen LogP) is 3.42. The van der Waals surface area contributed by atoms with Crippen molar-refractivity contribution in [2.75, 3.05) is 13.2 Å². The van der Waals surface area contributed by atoms with Crippen LogP contribution in [0.3, 0.4) is 0 Å². The third kappa shape index (κ3) is 4.27. The van der Waals surface area contributed by atoms with Gasteiger partial charge in [0.15, 0.2) is 11.5 Å². The van der Waals surface area contributed by atoms with E-state index in [2.05, 4.69) is 5.32 Å². The standard InChI is InChI=1S/C16H24ClNO4/c1-4-16(5-2,15(20)21)10-18-9-11-7-12(17)14(19)13(8-11)22-6-3/h7-8,18-19H,4-6,9-10H2,1-3H3,(H,20,21). The van der Waals surface area contributed by atoms with Crippen molar-refractivity contribution in [1.29, 1.82) is 0 Å². The summed E-state index contributed by atoms with van der Waals surface area (Å²) in [6, 6.07) is 3.35. The van der Waals surface area contributed by atoms with Crippen LogP contribution in [0.15, 0.2) is 12.1 Å². The van der Waals surface area contributed by atoms with Crippen molar-refractivity contribution in [2.24, 2.45) is 5.41 Å². The van der Waals surface area contributed by atoms with Gasteiger partial charge >= 0.3 is 5.97 Å². The topological polar surface area (TPSA) is 78.8 Å². The molecule has 0 fully saturated rings. The van der Waals surface area contributed by atoms with E-state index >= 15 is 0 Å². The summed E-state index contributed by atoms with van der Waals surface area (Å²) in [6.07, 6.45) is 1.12. The summed E-state index contributed by atoms with van der Waals surface area (Å²) in [7, 11) is 0. The average molecular weight is 330 g/mol. The number of halogens is 1. The second-order valence-corrected chi connectivity index (χ2v) is 5.66. The molecule has 0 aliphatic heterocycles. The van der Waals surface area contributed by atoms with E-state index in [9.17, 15) is 15.0 Å². The lowest BCUT2D eigenvalue weighted by atomic mass is 9.82. The molecule has 0 atom stereocenters. The molecule has 0 spiro atoms. The molecule has 0 radical (unpaired) electrons. The SMILES string of the molecule is CCOc1cc(CNCC(CC)(CC)C(=O)O)cc(Cl)c1O. The van der Waals surface area contributed by atoms with E-state index < -0.39 is 11.4 Å². The van der Waals surface area contributed by atoms with Crippen LogP contribution in [0.1, 0.15) is 39.2 Å². The van der Waals surface area contributed by atoms with Gasteiger partial charge in [-0.2, -0.15) is 0 Å². The summed E-state index contributed by atoms with van der Waals surface area (Å²) in [4.78, 5) is 11.4. The Labute approximate surface area is 136 Å². The van der Waals surface area contributed by atoms with E-state index in [0.29, 0.717) is 38.3 Å². The Bertz CT molecular complexity index is 515. The maximum atomic E-state index is 11.4. The zero-order valence-corrected chi connectivity index (χ0v) is 14.0. The number of hydrogen-bond acceptors (Lipinski definition) is 4. The van der Waals surface area contributed by atoms with Crippen LogP contribution >= 0.6 is 11.6 Å². The molecule has 3 N–H and O–H groups in total. The Kier molecular flexibility index (Phi) is 6.97. The minimum absolute atomic E-state index is 0.0748. The van der Waals surface area contributed by atoms with Crippen molar-refractivity contribution < 1.29 is 19.7 Å². The monoisotopic (exact) mass is 329 g/mol. The van der Waals surface area contributed by atoms with Gasteiger partial charge in [-0.15, -0.1) is 0 Å². The summed E-state index contributed by atoms with van der Waals surface area (Å²) in [5, 5.41) is 22.6. The molecule has 0 heterocycles. The lowest BCUT2D eigenvalue weighted by molar-refractivity contribution is -0.149. The lowest BCUT2D eigenvalue weighted by Gasteiger charge is -2.27. The second kappa shape index (κ2) is 8.25. The number of benzene rings is 1. The molecule has 6 heteroatoms. The molecule has 124 valence electrons. The maximum Gasteiger partial charge on any atom is 0.310 e. The molecule has 0 saturated heterocycles. The van der Waals surface area contributed by atoms with E-state index in [1.165, 1.54) is 0 Å². The number of hydrogen-bond donors (Lipinski definition) is 3. The van der Waals surface area contributed by atoms with E-state index in [4.69, 9.17) is 16.3 Å². The predicted molar refractivity (Wildman–Crippen MR) is 86.6 cm³/mol. The quantitative estimate of drug-likeness (QED) is 0.647. The molecule has 1 aromatic rings. The normalized spacial score (nSPS) is 11.5. The van der Waals surface area contributed by atoms with Gasteiger partial charge in [-0.1, -0.05) is 25.4 Å². The molecule has 0 aliphatic rings. The van der Waals surface area contributed by atoms with Gasteiger partial charge < -0.3 is 20.3 Å². The number of rotatable bonds is 9. The number of carbonyl (C=O) groups is 1. The van der Waals surface area contributed by atoms with Crippen molar-refractivity contribution in [2.45, 2.75) is 40.2 Å². The van der Waals surface area contributed by atoms with Crippen molar-refractivity contribution in [3.63, 3.8) is 0 Å². The van der Waals surface area contributed by atoms with Crippen molar-refractivity contribution in [1.82, 2.24) is 5.32 Å². The zero-order valence-electron chi connectivity index (χ0n) is 13.3. The first-order valence-electron chi connectivity index (χ1n) is 7.48. The summed E-state index contributed by atoms with van der Waals surface area (Å²) in [6.45, 7) is 6.83. The van der Waals surface area contributed by atoms with Crippen LogP contribution in [0, 0.1) is 5.41 Å². The third-order valence-electron chi connectivity index (χ3n) is 3.99. The average Bonchev–Trinajstić information content (AvgIpc) is 2.49. The number of phenols is 1. The summed E-state index contributed by atoms with van der Waals surface area (Å²) < 4.78 is 5.33. The second-order valence-electron chi connectivity index (χ2n) is 5.25. The first-order chi connectivity index (χ1) is 10.4. The Hall–Kier alpha value is -1.46. The van der Waals surface area contributed by atoms with Crippen LogP contribution in [0.4, 0.5) is 0 Å². The number of aliphatic carboxylic acids is 1. The van der Waals surface area contributed by atoms with Crippen LogP contribution in [-0.2, 0) is 11.3 Å². The molecule has 1 rings (SSSR count). The number of ether oxygens (including phenoxy) is 1. The molecular formula is C16H24ClNO4. The van der Waals surface area contributed by atoms with Gasteiger partial charge in [0.25, 0.3) is 0 Å². The minimum atomic E-state index is -0.788. The van der Waals surface area contributed by atoms with E-state index in [0.717, 1.165) is 5.56 Å². The van der Waals surface area contributed by atoms with Crippen molar-refractivity contribution in [3.05, 3.63) is 22.7 Å². The molecule has 0 bridgehead atoms. The summed E-state index contributed by atoms with van der Waals surface area (Å²) >= 11 is 5.98. The Balaban J connectivity index is 2.78. The lowest BCUT2D eigenvalue weighted by Crippen LogP contribution is -2.40. The van der Waals surface area contributed by atoms with Crippen molar-refractivity contribution >= 4 is 17.6 Å². The maximum absolute atomic E-state index is 11.4. The molecule has 0 saturated carbocycles. The first kappa shape index (κ1) is 18.6. The number of carboxylic acid groups (broad SMARTS) is 1. The highest BCUT2D eigenvalue weighted by molar-refractivity contribution is 6.32. The fourth-order valence-corrected chi connectivity index (χ4v) is 2.55. The van der Waals surface area contributed by atoms with Crippen LogP contribution in [0.25, 0.3) is 0 Å². The van der Waals surface area contributed by atoms with Crippen LogP contribution < -0.4 is 10.1 Å². The van der Waals surface area contributed by atoms with Crippen LogP contribution in [0.2, 0.25) is 5.02 Å². The summed E-state index contributed by atoms with van der Waals surface area (Å²) in [5.74, 6) is -0.528. The van der Waals surface area contributed by atoms with Gasteiger partial charge in [-0.25, -0.2) is 0 Å². The Morgan fingerprint density at radius 1 is 1.32 bits per heavy atom. The zero-order chi connectivity index (χ0) is 16.8. The third-order valence-corrected chi connectivity index (χ3v) is 4.28. The van der Waals surface area contributed by atoms with E-state index in [1.807, 2.05) is 20.8 Å². The molecule has 0 aromatic heterocycles. The van der Waals surface area contributed by atoms with Crippen LogP contribution in [0.5, 0.6) is 11.5 Å². The molecule has 0 amide bonds. The minimum Gasteiger partial charge on any atom is -0.503 e. The van der Waals surface area contributed by atoms with Crippen LogP contribution in [-0.4, -0.2) is 29.3 Å².